The first kappa shape index (κ1) is 13.8. The van der Waals surface area contributed by atoms with Crippen molar-refractivity contribution in [1.29, 1.82) is 5.26 Å². The molecule has 0 aliphatic rings. The molecule has 0 radical (unpaired) electrons. The molecular weight excluding hydrogens is 324 g/mol. The van der Waals surface area contributed by atoms with Crippen molar-refractivity contribution in [2.75, 3.05) is 11.1 Å². The monoisotopic (exact) mass is 332 g/mol. The van der Waals surface area contributed by atoms with E-state index in [2.05, 4.69) is 26.2 Å². The molecule has 0 saturated heterocycles. The molecule has 0 atom stereocenters. The Hall–Kier alpha value is -2.59. The summed E-state index contributed by atoms with van der Waals surface area (Å²) in [6.45, 7) is 0. The number of benzene rings is 1. The molecule has 100 valence electrons. The number of halogens is 1. The Kier molecular flexibility index (Phi) is 3.86. The van der Waals surface area contributed by atoms with Crippen molar-refractivity contribution in [2.45, 2.75) is 0 Å². The van der Waals surface area contributed by atoms with Gasteiger partial charge in [0.2, 0.25) is 0 Å². The number of carboxylic acids is 1. The van der Waals surface area contributed by atoms with E-state index in [0.29, 0.717) is 11.3 Å². The van der Waals surface area contributed by atoms with Gasteiger partial charge in [-0.2, -0.15) is 5.26 Å². The number of nitrogens with two attached hydrogens (primary N) is 1. The number of aromatic carboxylic acids is 1. The summed E-state index contributed by atoms with van der Waals surface area (Å²) in [5, 5.41) is 21.0. The van der Waals surface area contributed by atoms with Crippen LogP contribution in [0.25, 0.3) is 0 Å². The van der Waals surface area contributed by atoms with Crippen LogP contribution in [0.2, 0.25) is 0 Å². The van der Waals surface area contributed by atoms with E-state index in [1.807, 2.05) is 6.07 Å². The molecule has 0 unspecified atom stereocenters. The number of nitrogens with zero attached hydrogens (tertiary/aromatic N) is 2. The fourth-order valence-electron chi connectivity index (χ4n) is 1.59. The lowest BCUT2D eigenvalue weighted by Gasteiger charge is -2.10. The summed E-state index contributed by atoms with van der Waals surface area (Å²) in [6, 6.07) is 8.35. The molecule has 1 aromatic carbocycles. The number of hydrogen-bond acceptors (Lipinski definition) is 5. The molecule has 0 amide bonds. The molecule has 1 aromatic heterocycles. The number of nitrogen functional groups attached to an aromatic ring is 1. The fraction of sp³-hybridized carbons (Fsp3) is 0. The molecule has 1 heterocycles. The van der Waals surface area contributed by atoms with Gasteiger partial charge in [0.25, 0.3) is 0 Å². The highest BCUT2D eigenvalue weighted by Crippen LogP contribution is 2.25. The third-order valence-electron chi connectivity index (χ3n) is 2.49. The number of carbonyl (C=O) groups is 1. The average molecular weight is 333 g/mol. The maximum atomic E-state index is 11.2. The van der Waals surface area contributed by atoms with Crippen LogP contribution in [-0.2, 0) is 0 Å². The summed E-state index contributed by atoms with van der Waals surface area (Å²) in [5.41, 5.74) is 6.56. The van der Waals surface area contributed by atoms with Gasteiger partial charge in [0, 0.05) is 4.47 Å². The van der Waals surface area contributed by atoms with Gasteiger partial charge in [-0.1, -0.05) is 15.9 Å². The predicted octanol–water partition coefficient (Wildman–Crippen LogP) is 2.74. The Morgan fingerprint density at radius 2 is 2.20 bits per heavy atom. The summed E-state index contributed by atoms with van der Waals surface area (Å²) in [4.78, 5) is 15.1. The van der Waals surface area contributed by atoms with Gasteiger partial charge < -0.3 is 16.2 Å². The summed E-state index contributed by atoms with van der Waals surface area (Å²) < 4.78 is 0.753. The number of rotatable bonds is 3. The van der Waals surface area contributed by atoms with E-state index in [1.165, 1.54) is 12.3 Å². The largest absolute Gasteiger partial charge is 0.478 e. The molecule has 4 N–H and O–H groups in total. The maximum Gasteiger partial charge on any atom is 0.339 e. The third kappa shape index (κ3) is 2.87. The number of aromatic nitrogens is 1. The van der Waals surface area contributed by atoms with Crippen LogP contribution in [0.5, 0.6) is 0 Å². The zero-order valence-corrected chi connectivity index (χ0v) is 11.7. The number of nitriles is 1. The standard InChI is InChI=1S/C13H9BrN4O2/c14-8-1-2-11(7(3-8)5-15)18-12-10(13(19)20)4-9(16)6-17-12/h1-4,6H,16H2,(H,17,18)(H,19,20). The van der Waals surface area contributed by atoms with Crippen molar-refractivity contribution in [2.24, 2.45) is 0 Å². The second-order valence-electron chi connectivity index (χ2n) is 3.90. The van der Waals surface area contributed by atoms with Crippen molar-refractivity contribution in [3.63, 3.8) is 0 Å². The van der Waals surface area contributed by atoms with Crippen LogP contribution in [-0.4, -0.2) is 16.1 Å². The highest BCUT2D eigenvalue weighted by molar-refractivity contribution is 9.10. The fourth-order valence-corrected chi connectivity index (χ4v) is 1.95. The Bertz CT molecular complexity index is 725. The van der Waals surface area contributed by atoms with Gasteiger partial charge in [0.15, 0.2) is 0 Å². The Morgan fingerprint density at radius 3 is 2.85 bits per heavy atom. The number of pyridine rings is 1. The smallest absolute Gasteiger partial charge is 0.339 e. The van der Waals surface area contributed by atoms with Gasteiger partial charge in [-0.05, 0) is 24.3 Å². The molecule has 0 aliphatic heterocycles. The lowest BCUT2D eigenvalue weighted by molar-refractivity contribution is 0.0697. The van der Waals surface area contributed by atoms with Crippen molar-refractivity contribution in [3.05, 3.63) is 46.1 Å². The molecule has 0 aliphatic carbocycles. The van der Waals surface area contributed by atoms with Gasteiger partial charge in [-0.15, -0.1) is 0 Å². The number of anilines is 3. The van der Waals surface area contributed by atoms with Crippen molar-refractivity contribution in [1.82, 2.24) is 4.98 Å². The molecule has 0 fully saturated rings. The second-order valence-corrected chi connectivity index (χ2v) is 4.81. The molecule has 2 rings (SSSR count). The van der Waals surface area contributed by atoms with E-state index in [4.69, 9.17) is 16.1 Å². The summed E-state index contributed by atoms with van der Waals surface area (Å²) in [7, 11) is 0. The maximum absolute atomic E-state index is 11.2. The van der Waals surface area contributed by atoms with E-state index in [-0.39, 0.29) is 17.1 Å². The summed E-state index contributed by atoms with van der Waals surface area (Å²) in [5.74, 6) is -1.02. The van der Waals surface area contributed by atoms with Gasteiger partial charge in [0.1, 0.15) is 17.5 Å². The van der Waals surface area contributed by atoms with E-state index in [0.717, 1.165) is 4.47 Å². The first-order valence-electron chi connectivity index (χ1n) is 5.46. The highest BCUT2D eigenvalue weighted by Gasteiger charge is 2.13. The number of hydrogen-bond donors (Lipinski definition) is 3. The van der Waals surface area contributed by atoms with Gasteiger partial charge in [0.05, 0.1) is 23.1 Å². The van der Waals surface area contributed by atoms with E-state index >= 15 is 0 Å². The normalized spacial score (nSPS) is 9.80. The molecule has 20 heavy (non-hydrogen) atoms. The van der Waals surface area contributed by atoms with E-state index < -0.39 is 5.97 Å². The van der Waals surface area contributed by atoms with Gasteiger partial charge >= 0.3 is 5.97 Å². The Balaban J connectivity index is 2.45. The minimum Gasteiger partial charge on any atom is -0.478 e. The second kappa shape index (κ2) is 5.59. The van der Waals surface area contributed by atoms with Crippen LogP contribution in [0.3, 0.4) is 0 Å². The average Bonchev–Trinajstić information content (AvgIpc) is 2.42. The van der Waals surface area contributed by atoms with Crippen LogP contribution in [0.1, 0.15) is 15.9 Å². The lowest BCUT2D eigenvalue weighted by atomic mass is 10.2. The molecule has 6 nitrogen and oxygen atoms in total. The first-order valence-corrected chi connectivity index (χ1v) is 6.26. The van der Waals surface area contributed by atoms with Crippen LogP contribution in [0.4, 0.5) is 17.2 Å². The SMILES string of the molecule is N#Cc1cc(Br)ccc1Nc1ncc(N)cc1C(=O)O. The summed E-state index contributed by atoms with van der Waals surface area (Å²) in [6.07, 6.45) is 1.35. The molecule has 7 heteroatoms. The van der Waals surface area contributed by atoms with Crippen LogP contribution in [0.15, 0.2) is 34.9 Å². The number of carboxylic acid groups (broad SMARTS) is 1. The van der Waals surface area contributed by atoms with Crippen molar-refractivity contribution < 1.29 is 9.90 Å². The van der Waals surface area contributed by atoms with Crippen molar-refractivity contribution in [3.8, 4) is 6.07 Å². The predicted molar refractivity (Wildman–Crippen MR) is 77.7 cm³/mol. The minimum atomic E-state index is -1.15. The highest BCUT2D eigenvalue weighted by atomic mass is 79.9. The van der Waals surface area contributed by atoms with Crippen molar-refractivity contribution >= 4 is 39.1 Å². The molecular formula is C13H9BrN4O2. The van der Waals surface area contributed by atoms with E-state index in [1.54, 1.807) is 18.2 Å². The van der Waals surface area contributed by atoms with Crippen LogP contribution in [0, 0.1) is 11.3 Å². The Labute approximate surface area is 123 Å². The molecule has 0 saturated carbocycles. The molecule has 2 aromatic rings. The number of nitrogens with one attached hydrogen (secondary N) is 1. The van der Waals surface area contributed by atoms with E-state index in [9.17, 15) is 4.79 Å². The lowest BCUT2D eigenvalue weighted by Crippen LogP contribution is -2.06. The zero-order chi connectivity index (χ0) is 14.7. The van der Waals surface area contributed by atoms with Gasteiger partial charge in [-0.3, -0.25) is 0 Å². The molecule has 0 bridgehead atoms. The first-order chi connectivity index (χ1) is 9.51. The van der Waals surface area contributed by atoms with Gasteiger partial charge in [-0.25, -0.2) is 9.78 Å². The zero-order valence-electron chi connectivity index (χ0n) is 10.1. The minimum absolute atomic E-state index is 0.0585. The van der Waals surface area contributed by atoms with Crippen LogP contribution >= 0.6 is 15.9 Å². The molecule has 0 spiro atoms. The topological polar surface area (TPSA) is 112 Å². The third-order valence-corrected chi connectivity index (χ3v) is 2.99. The quantitative estimate of drug-likeness (QED) is 0.796. The summed E-state index contributed by atoms with van der Waals surface area (Å²) >= 11 is 3.26. The Morgan fingerprint density at radius 1 is 1.45 bits per heavy atom. The van der Waals surface area contributed by atoms with Crippen LogP contribution < -0.4 is 11.1 Å².